The molecule has 0 bridgehead atoms. The fraction of sp³-hybridized carbons (Fsp3) is 0.174. The average Bonchev–Trinajstić information content (AvgIpc) is 3.14. The Labute approximate surface area is 177 Å². The van der Waals surface area contributed by atoms with Crippen LogP contribution >= 0.6 is 0 Å². The molecule has 2 aromatic heterocycles. The molecule has 0 saturated heterocycles. The van der Waals surface area contributed by atoms with Gasteiger partial charge in [-0.05, 0) is 48.9 Å². The van der Waals surface area contributed by atoms with Gasteiger partial charge in [-0.3, -0.25) is 4.79 Å². The fourth-order valence-electron chi connectivity index (χ4n) is 3.82. The molecule has 2 N–H and O–H groups in total. The van der Waals surface area contributed by atoms with E-state index in [1.807, 2.05) is 31.2 Å². The molecule has 4 aromatic rings. The summed E-state index contributed by atoms with van der Waals surface area (Å²) in [5.74, 6) is 0.362. The van der Waals surface area contributed by atoms with E-state index in [0.717, 1.165) is 5.56 Å². The lowest BCUT2D eigenvalue weighted by Gasteiger charge is -2.21. The van der Waals surface area contributed by atoms with Crippen LogP contribution in [-0.2, 0) is 6.54 Å². The number of fused-ring (bicyclic) bond motifs is 1. The van der Waals surface area contributed by atoms with Gasteiger partial charge in [0.2, 0.25) is 0 Å². The number of para-hydroxylation sites is 1. The molecule has 5 rings (SSSR count). The van der Waals surface area contributed by atoms with E-state index in [1.54, 1.807) is 22.9 Å². The number of benzene rings is 2. The Bertz CT molecular complexity index is 1330. The van der Waals surface area contributed by atoms with Crippen molar-refractivity contribution in [2.45, 2.75) is 19.6 Å². The highest BCUT2D eigenvalue weighted by Gasteiger charge is 2.27. The van der Waals surface area contributed by atoms with Crippen LogP contribution in [0.5, 0.6) is 0 Å². The first-order valence-electron chi connectivity index (χ1n) is 9.97. The number of aromatic nitrogens is 4. The summed E-state index contributed by atoms with van der Waals surface area (Å²) in [6.07, 6.45) is -0.574. The third-order valence-electron chi connectivity index (χ3n) is 5.36. The molecule has 0 unspecified atom stereocenters. The molecule has 7 nitrogen and oxygen atoms in total. The van der Waals surface area contributed by atoms with Crippen molar-refractivity contribution in [3.05, 3.63) is 82.4 Å². The van der Waals surface area contributed by atoms with Gasteiger partial charge in [0, 0.05) is 18.2 Å². The first-order valence-corrected chi connectivity index (χ1v) is 9.97. The number of nitrogens with zero attached hydrogens (tertiary/aromatic N) is 4. The molecule has 2 aromatic carbocycles. The molecule has 0 radical (unpaired) electrons. The van der Waals surface area contributed by atoms with E-state index in [2.05, 4.69) is 15.5 Å². The lowest BCUT2D eigenvalue weighted by Crippen LogP contribution is -2.32. The Morgan fingerprint density at radius 3 is 2.61 bits per heavy atom. The van der Waals surface area contributed by atoms with E-state index in [-0.39, 0.29) is 11.4 Å². The summed E-state index contributed by atoms with van der Waals surface area (Å²) in [4.78, 5) is 12.6. The second-order valence-electron chi connectivity index (χ2n) is 7.55. The summed E-state index contributed by atoms with van der Waals surface area (Å²) in [5, 5.41) is 22.6. The Morgan fingerprint density at radius 2 is 1.84 bits per heavy atom. The van der Waals surface area contributed by atoms with E-state index < -0.39 is 6.10 Å². The van der Waals surface area contributed by atoms with E-state index in [1.165, 1.54) is 22.9 Å². The number of β-amino-alcohol motifs (C(OH)–C–C–N with tert-alkyl or cyclic N) is 1. The predicted octanol–water partition coefficient (Wildman–Crippen LogP) is 3.00. The number of aryl methyl sites for hydroxylation is 1. The van der Waals surface area contributed by atoms with Gasteiger partial charge < -0.3 is 10.4 Å². The molecular weight excluding hydrogens is 397 g/mol. The molecule has 156 valence electrons. The zero-order valence-electron chi connectivity index (χ0n) is 16.8. The zero-order chi connectivity index (χ0) is 21.5. The number of rotatable bonds is 3. The standard InChI is InChI=1S/C23H20FN5O2/c1-14-4-2-3-5-19(14)29-20(31)11-10-18(26-29)21-22(15-6-8-16(24)9-7-15)27-28-13-17(30)12-25-23(21)28/h2-11,17,25,30H,12-13H2,1H3/t17-/m1/s1. The van der Waals surface area contributed by atoms with Gasteiger partial charge in [-0.15, -0.1) is 0 Å². The Hall–Kier alpha value is -3.78. The highest BCUT2D eigenvalue weighted by Crippen LogP contribution is 2.38. The molecule has 3 heterocycles. The van der Waals surface area contributed by atoms with Gasteiger partial charge in [-0.25, -0.2) is 9.07 Å². The van der Waals surface area contributed by atoms with Crippen LogP contribution in [0.3, 0.4) is 0 Å². The normalized spacial score (nSPS) is 15.4. The molecule has 1 aliphatic heterocycles. The number of aliphatic hydroxyl groups is 1. The van der Waals surface area contributed by atoms with Crippen LogP contribution < -0.4 is 10.9 Å². The number of aliphatic hydroxyl groups excluding tert-OH is 1. The van der Waals surface area contributed by atoms with Gasteiger partial charge in [0.25, 0.3) is 5.56 Å². The van der Waals surface area contributed by atoms with Crippen LogP contribution in [0.2, 0.25) is 0 Å². The smallest absolute Gasteiger partial charge is 0.271 e. The molecular formula is C23H20FN5O2. The number of anilines is 1. The summed E-state index contributed by atoms with van der Waals surface area (Å²) < 4.78 is 16.6. The topological polar surface area (TPSA) is 85.0 Å². The third-order valence-corrected chi connectivity index (χ3v) is 5.36. The minimum atomic E-state index is -0.574. The van der Waals surface area contributed by atoms with E-state index in [4.69, 9.17) is 0 Å². The highest BCUT2D eigenvalue weighted by molar-refractivity contribution is 5.87. The fourth-order valence-corrected chi connectivity index (χ4v) is 3.82. The maximum absolute atomic E-state index is 13.5. The van der Waals surface area contributed by atoms with Crippen molar-refractivity contribution in [3.8, 4) is 28.2 Å². The van der Waals surface area contributed by atoms with Gasteiger partial charge in [-0.1, -0.05) is 18.2 Å². The molecule has 0 spiro atoms. The third kappa shape index (κ3) is 3.40. The van der Waals surface area contributed by atoms with Crippen LogP contribution in [0.4, 0.5) is 10.2 Å². The van der Waals surface area contributed by atoms with Crippen molar-refractivity contribution < 1.29 is 9.50 Å². The second kappa shape index (κ2) is 7.48. The Kier molecular flexibility index (Phi) is 4.63. The molecule has 0 aliphatic carbocycles. The molecule has 31 heavy (non-hydrogen) atoms. The van der Waals surface area contributed by atoms with Gasteiger partial charge in [0.15, 0.2) is 0 Å². The summed E-state index contributed by atoms with van der Waals surface area (Å²) in [7, 11) is 0. The number of hydrogen-bond acceptors (Lipinski definition) is 5. The quantitative estimate of drug-likeness (QED) is 0.535. The van der Waals surface area contributed by atoms with E-state index >= 15 is 0 Å². The van der Waals surface area contributed by atoms with Crippen LogP contribution in [0, 0.1) is 12.7 Å². The number of hydrogen-bond donors (Lipinski definition) is 2. The first-order chi connectivity index (χ1) is 15.0. The summed E-state index contributed by atoms with van der Waals surface area (Å²) >= 11 is 0. The number of nitrogens with one attached hydrogen (secondary N) is 1. The van der Waals surface area contributed by atoms with Gasteiger partial charge in [-0.2, -0.15) is 14.9 Å². The van der Waals surface area contributed by atoms with Crippen LogP contribution in [-0.4, -0.2) is 37.3 Å². The molecule has 8 heteroatoms. The van der Waals surface area contributed by atoms with Gasteiger partial charge in [0.1, 0.15) is 17.3 Å². The molecule has 0 saturated carbocycles. The molecule has 0 amide bonds. The Balaban J connectivity index is 1.73. The first kappa shape index (κ1) is 19.2. The largest absolute Gasteiger partial charge is 0.389 e. The van der Waals surface area contributed by atoms with Crippen molar-refractivity contribution in [2.75, 3.05) is 11.9 Å². The maximum Gasteiger partial charge on any atom is 0.271 e. The van der Waals surface area contributed by atoms with Crippen LogP contribution in [0.1, 0.15) is 5.56 Å². The van der Waals surface area contributed by atoms with Gasteiger partial charge >= 0.3 is 0 Å². The van der Waals surface area contributed by atoms with Crippen molar-refractivity contribution in [3.63, 3.8) is 0 Å². The highest BCUT2D eigenvalue weighted by atomic mass is 19.1. The lowest BCUT2D eigenvalue weighted by molar-refractivity contribution is 0.155. The molecule has 1 aliphatic rings. The van der Waals surface area contributed by atoms with Crippen LogP contribution in [0.15, 0.2) is 65.5 Å². The molecule has 1 atom stereocenters. The lowest BCUT2D eigenvalue weighted by atomic mass is 10.0. The predicted molar refractivity (Wildman–Crippen MR) is 116 cm³/mol. The monoisotopic (exact) mass is 417 g/mol. The summed E-state index contributed by atoms with van der Waals surface area (Å²) in [5.41, 5.74) is 3.93. The second-order valence-corrected chi connectivity index (χ2v) is 7.55. The van der Waals surface area contributed by atoms with Crippen molar-refractivity contribution in [1.29, 1.82) is 0 Å². The van der Waals surface area contributed by atoms with Crippen molar-refractivity contribution in [2.24, 2.45) is 0 Å². The average molecular weight is 417 g/mol. The van der Waals surface area contributed by atoms with Crippen molar-refractivity contribution in [1.82, 2.24) is 19.6 Å². The summed E-state index contributed by atoms with van der Waals surface area (Å²) in [6, 6.07) is 16.7. The SMILES string of the molecule is Cc1ccccc1-n1nc(-c2c(-c3ccc(F)cc3)nn3c2NC[C@@H](O)C3)ccc1=O. The zero-order valence-corrected chi connectivity index (χ0v) is 16.8. The number of halogens is 1. The van der Waals surface area contributed by atoms with E-state index in [0.29, 0.717) is 47.1 Å². The van der Waals surface area contributed by atoms with Crippen LogP contribution in [0.25, 0.3) is 28.2 Å². The molecule has 0 fully saturated rings. The van der Waals surface area contributed by atoms with Crippen molar-refractivity contribution >= 4 is 5.82 Å². The minimum absolute atomic E-state index is 0.245. The van der Waals surface area contributed by atoms with E-state index in [9.17, 15) is 14.3 Å². The Morgan fingerprint density at radius 1 is 1.06 bits per heavy atom. The maximum atomic E-state index is 13.5. The van der Waals surface area contributed by atoms with Gasteiger partial charge in [0.05, 0.1) is 29.6 Å². The summed E-state index contributed by atoms with van der Waals surface area (Å²) in [6.45, 7) is 2.62. The minimum Gasteiger partial charge on any atom is -0.389 e.